The van der Waals surface area contributed by atoms with E-state index in [1.54, 1.807) is 18.2 Å². The Hall–Kier alpha value is -1.75. The van der Waals surface area contributed by atoms with Crippen molar-refractivity contribution >= 4 is 5.91 Å². The van der Waals surface area contributed by atoms with E-state index in [0.717, 1.165) is 19.4 Å². The van der Waals surface area contributed by atoms with Crippen LogP contribution in [0, 0.1) is 0 Å². The summed E-state index contributed by atoms with van der Waals surface area (Å²) in [5, 5.41) is 0. The maximum Gasteiger partial charge on any atom is 0.253 e. The zero-order chi connectivity index (χ0) is 13.7. The predicted octanol–water partition coefficient (Wildman–Crippen LogP) is 1.62. The molecule has 1 aliphatic rings. The first-order valence-electron chi connectivity index (χ1n) is 6.65. The molecule has 0 fully saturated rings. The Morgan fingerprint density at radius 3 is 2.84 bits per heavy atom. The number of rotatable bonds is 6. The highest BCUT2D eigenvalue weighted by Gasteiger charge is 2.19. The van der Waals surface area contributed by atoms with Crippen molar-refractivity contribution in [3.63, 3.8) is 0 Å². The van der Waals surface area contributed by atoms with Gasteiger partial charge in [0, 0.05) is 18.7 Å². The molecule has 1 amide bonds. The second kappa shape index (κ2) is 6.43. The summed E-state index contributed by atoms with van der Waals surface area (Å²) < 4.78 is 10.5. The van der Waals surface area contributed by atoms with Crippen LogP contribution in [0.25, 0.3) is 0 Å². The minimum absolute atomic E-state index is 0.0219. The first-order valence-corrected chi connectivity index (χ1v) is 6.65. The second-order valence-electron chi connectivity index (χ2n) is 4.50. The topological polar surface area (TPSA) is 64.8 Å². The number of hydrogen-bond donors (Lipinski definition) is 1. The Bertz CT molecular complexity index is 448. The molecule has 0 bridgehead atoms. The van der Waals surface area contributed by atoms with E-state index in [-0.39, 0.29) is 12.7 Å². The first-order chi connectivity index (χ1) is 9.26. The quantitative estimate of drug-likeness (QED) is 0.848. The molecule has 0 atom stereocenters. The number of amides is 1. The van der Waals surface area contributed by atoms with Crippen molar-refractivity contribution in [3.05, 3.63) is 23.8 Å². The number of fused-ring (bicyclic) bond motifs is 1. The van der Waals surface area contributed by atoms with Gasteiger partial charge in [0.25, 0.3) is 5.91 Å². The van der Waals surface area contributed by atoms with Crippen LogP contribution >= 0.6 is 0 Å². The SMILES string of the molecule is CCCN(CCCN)C(=O)c1ccc2c(c1)OCO2. The first kappa shape index (κ1) is 13.7. The average Bonchev–Trinajstić information content (AvgIpc) is 2.90. The molecule has 0 radical (unpaired) electrons. The highest BCUT2D eigenvalue weighted by Crippen LogP contribution is 2.32. The van der Waals surface area contributed by atoms with Crippen molar-refractivity contribution in [1.82, 2.24) is 4.90 Å². The van der Waals surface area contributed by atoms with E-state index in [0.29, 0.717) is 30.2 Å². The lowest BCUT2D eigenvalue weighted by atomic mass is 10.1. The van der Waals surface area contributed by atoms with Crippen molar-refractivity contribution in [1.29, 1.82) is 0 Å². The van der Waals surface area contributed by atoms with Crippen LogP contribution in [-0.2, 0) is 0 Å². The van der Waals surface area contributed by atoms with Gasteiger partial charge in [0.15, 0.2) is 11.5 Å². The van der Waals surface area contributed by atoms with Crippen LogP contribution in [0.15, 0.2) is 18.2 Å². The number of ether oxygens (including phenoxy) is 2. The number of carbonyl (C=O) groups is 1. The van der Waals surface area contributed by atoms with Crippen molar-refractivity contribution in [3.8, 4) is 11.5 Å². The fraction of sp³-hybridized carbons (Fsp3) is 0.500. The second-order valence-corrected chi connectivity index (χ2v) is 4.50. The average molecular weight is 264 g/mol. The smallest absolute Gasteiger partial charge is 0.253 e. The number of hydrogen-bond acceptors (Lipinski definition) is 4. The molecule has 5 nitrogen and oxygen atoms in total. The van der Waals surface area contributed by atoms with E-state index < -0.39 is 0 Å². The Morgan fingerprint density at radius 2 is 2.11 bits per heavy atom. The van der Waals surface area contributed by atoms with Crippen molar-refractivity contribution < 1.29 is 14.3 Å². The highest BCUT2D eigenvalue weighted by atomic mass is 16.7. The lowest BCUT2D eigenvalue weighted by Crippen LogP contribution is -2.33. The van der Waals surface area contributed by atoms with E-state index in [1.165, 1.54) is 0 Å². The minimum Gasteiger partial charge on any atom is -0.454 e. The maximum absolute atomic E-state index is 12.4. The van der Waals surface area contributed by atoms with Crippen molar-refractivity contribution in [2.75, 3.05) is 26.4 Å². The largest absolute Gasteiger partial charge is 0.454 e. The lowest BCUT2D eigenvalue weighted by Gasteiger charge is -2.22. The van der Waals surface area contributed by atoms with Gasteiger partial charge in [-0.25, -0.2) is 0 Å². The van der Waals surface area contributed by atoms with Gasteiger partial charge in [-0.05, 0) is 37.6 Å². The van der Waals surface area contributed by atoms with Gasteiger partial charge in [-0.2, -0.15) is 0 Å². The van der Waals surface area contributed by atoms with Gasteiger partial charge in [0.1, 0.15) is 0 Å². The zero-order valence-corrected chi connectivity index (χ0v) is 11.2. The summed E-state index contributed by atoms with van der Waals surface area (Å²) >= 11 is 0. The summed E-state index contributed by atoms with van der Waals surface area (Å²) in [5.41, 5.74) is 6.15. The Balaban J connectivity index is 2.11. The number of carbonyl (C=O) groups excluding carboxylic acids is 1. The molecule has 1 aromatic carbocycles. The third-order valence-electron chi connectivity index (χ3n) is 3.03. The summed E-state index contributed by atoms with van der Waals surface area (Å²) in [7, 11) is 0. The number of benzene rings is 1. The monoisotopic (exact) mass is 264 g/mol. The summed E-state index contributed by atoms with van der Waals surface area (Å²) in [4.78, 5) is 14.3. The van der Waals surface area contributed by atoms with Crippen LogP contribution in [0.4, 0.5) is 0 Å². The molecule has 19 heavy (non-hydrogen) atoms. The van der Waals surface area contributed by atoms with Crippen LogP contribution in [0.3, 0.4) is 0 Å². The van der Waals surface area contributed by atoms with Crippen LogP contribution < -0.4 is 15.2 Å². The summed E-state index contributed by atoms with van der Waals surface area (Å²) in [6, 6.07) is 5.30. The third kappa shape index (κ3) is 3.17. The molecule has 2 N–H and O–H groups in total. The molecular formula is C14H20N2O3. The fourth-order valence-electron chi connectivity index (χ4n) is 2.08. The van der Waals surface area contributed by atoms with E-state index in [4.69, 9.17) is 15.2 Å². The Kier molecular flexibility index (Phi) is 4.63. The minimum atomic E-state index is 0.0219. The molecule has 1 heterocycles. The molecule has 0 saturated carbocycles. The highest BCUT2D eigenvalue weighted by molar-refractivity contribution is 5.95. The molecule has 5 heteroatoms. The molecule has 104 valence electrons. The molecule has 1 aliphatic heterocycles. The molecule has 0 unspecified atom stereocenters. The Labute approximate surface area is 113 Å². The van der Waals surface area contributed by atoms with Gasteiger partial charge in [-0.15, -0.1) is 0 Å². The van der Waals surface area contributed by atoms with E-state index in [9.17, 15) is 4.79 Å². The summed E-state index contributed by atoms with van der Waals surface area (Å²) in [6.45, 7) is 4.31. The van der Waals surface area contributed by atoms with Crippen LogP contribution in [0.1, 0.15) is 30.1 Å². The third-order valence-corrected chi connectivity index (χ3v) is 3.03. The maximum atomic E-state index is 12.4. The zero-order valence-electron chi connectivity index (χ0n) is 11.2. The van der Waals surface area contributed by atoms with Gasteiger partial charge in [-0.3, -0.25) is 4.79 Å². The van der Waals surface area contributed by atoms with E-state index in [1.807, 2.05) is 4.90 Å². The summed E-state index contributed by atoms with van der Waals surface area (Å²) in [5.74, 6) is 1.36. The van der Waals surface area contributed by atoms with Gasteiger partial charge in [0.2, 0.25) is 6.79 Å². The standard InChI is InChI=1S/C14H20N2O3/c1-2-7-16(8-3-6-15)14(17)11-4-5-12-13(9-11)19-10-18-12/h4-5,9H,2-3,6-8,10,15H2,1H3. The normalized spacial score (nSPS) is 12.5. The molecule has 0 aromatic heterocycles. The van der Waals surface area contributed by atoms with Crippen LogP contribution in [0.5, 0.6) is 11.5 Å². The molecule has 0 aliphatic carbocycles. The van der Waals surface area contributed by atoms with Gasteiger partial charge in [-0.1, -0.05) is 6.92 Å². The van der Waals surface area contributed by atoms with Crippen molar-refractivity contribution in [2.45, 2.75) is 19.8 Å². The van der Waals surface area contributed by atoms with E-state index in [2.05, 4.69) is 6.92 Å². The molecule has 0 saturated heterocycles. The van der Waals surface area contributed by atoms with Gasteiger partial charge >= 0.3 is 0 Å². The van der Waals surface area contributed by atoms with Gasteiger partial charge in [0.05, 0.1) is 0 Å². The molecule has 0 spiro atoms. The number of nitrogens with two attached hydrogens (primary N) is 1. The van der Waals surface area contributed by atoms with Crippen LogP contribution in [0.2, 0.25) is 0 Å². The van der Waals surface area contributed by atoms with Crippen LogP contribution in [-0.4, -0.2) is 37.2 Å². The van der Waals surface area contributed by atoms with Gasteiger partial charge < -0.3 is 20.1 Å². The number of nitrogens with zero attached hydrogens (tertiary/aromatic N) is 1. The predicted molar refractivity (Wildman–Crippen MR) is 72.4 cm³/mol. The fourth-order valence-corrected chi connectivity index (χ4v) is 2.08. The molecule has 1 aromatic rings. The molecule has 2 rings (SSSR count). The Morgan fingerprint density at radius 1 is 1.32 bits per heavy atom. The molecular weight excluding hydrogens is 244 g/mol. The van der Waals surface area contributed by atoms with Crippen molar-refractivity contribution in [2.24, 2.45) is 5.73 Å². The van der Waals surface area contributed by atoms with E-state index >= 15 is 0 Å². The summed E-state index contributed by atoms with van der Waals surface area (Å²) in [6.07, 6.45) is 1.75. The lowest BCUT2D eigenvalue weighted by molar-refractivity contribution is 0.0754.